The van der Waals surface area contributed by atoms with E-state index in [1.807, 2.05) is 0 Å². The van der Waals surface area contributed by atoms with Crippen LogP contribution in [-0.4, -0.2) is 31.3 Å². The van der Waals surface area contributed by atoms with E-state index in [0.29, 0.717) is 13.0 Å². The zero-order valence-electron chi connectivity index (χ0n) is 9.05. The Morgan fingerprint density at radius 2 is 2.33 bits per heavy atom. The normalized spacial score (nSPS) is 12.7. The maximum absolute atomic E-state index is 10.6. The van der Waals surface area contributed by atoms with Crippen molar-refractivity contribution in [3.05, 3.63) is 5.82 Å². The van der Waals surface area contributed by atoms with E-state index in [-0.39, 0.29) is 5.92 Å². The van der Waals surface area contributed by atoms with E-state index in [9.17, 15) is 4.79 Å². The molecule has 1 rings (SSSR count). The first-order chi connectivity index (χ1) is 7.15. The second kappa shape index (κ2) is 5.43. The van der Waals surface area contributed by atoms with Gasteiger partial charge in [0.1, 0.15) is 0 Å². The maximum atomic E-state index is 10.6. The van der Waals surface area contributed by atoms with Crippen molar-refractivity contribution in [1.29, 1.82) is 0 Å². The van der Waals surface area contributed by atoms with E-state index < -0.39 is 5.97 Å². The molecule has 0 radical (unpaired) electrons. The smallest absolute Gasteiger partial charge is 0.306 e. The highest BCUT2D eigenvalue weighted by atomic mass is 16.4. The lowest BCUT2D eigenvalue weighted by atomic mass is 10.1. The molecule has 0 spiro atoms. The van der Waals surface area contributed by atoms with Gasteiger partial charge in [-0.05, 0) is 23.3 Å². The van der Waals surface area contributed by atoms with Crippen LogP contribution in [0.2, 0.25) is 0 Å². The Morgan fingerprint density at radius 3 is 2.93 bits per heavy atom. The Kier molecular flexibility index (Phi) is 4.20. The van der Waals surface area contributed by atoms with Crippen molar-refractivity contribution >= 4 is 5.97 Å². The maximum Gasteiger partial charge on any atom is 0.306 e. The van der Waals surface area contributed by atoms with Gasteiger partial charge in [0.15, 0.2) is 5.82 Å². The van der Waals surface area contributed by atoms with E-state index in [1.54, 1.807) is 11.6 Å². The van der Waals surface area contributed by atoms with Crippen LogP contribution in [0.15, 0.2) is 0 Å². The minimum atomic E-state index is -0.778. The summed E-state index contributed by atoms with van der Waals surface area (Å²) >= 11 is 0. The lowest BCUT2D eigenvalue weighted by molar-refractivity contribution is -0.141. The lowest BCUT2D eigenvalue weighted by Gasteiger charge is -2.06. The monoisotopic (exact) mass is 212 g/mol. The molecule has 0 aliphatic rings. The molecular formula is C9H16N4O2. The van der Waals surface area contributed by atoms with Crippen molar-refractivity contribution < 1.29 is 9.90 Å². The van der Waals surface area contributed by atoms with Gasteiger partial charge < -0.3 is 5.11 Å². The van der Waals surface area contributed by atoms with Crippen molar-refractivity contribution in [1.82, 2.24) is 20.2 Å². The molecule has 1 N–H and O–H groups in total. The summed E-state index contributed by atoms with van der Waals surface area (Å²) in [6.07, 6.45) is 2.36. The number of rotatable bonds is 6. The van der Waals surface area contributed by atoms with Gasteiger partial charge in [-0.3, -0.25) is 4.79 Å². The third kappa shape index (κ3) is 3.30. The van der Waals surface area contributed by atoms with Crippen LogP contribution >= 0.6 is 0 Å². The molecule has 0 fully saturated rings. The summed E-state index contributed by atoms with van der Waals surface area (Å²) in [6.45, 7) is 4.31. The molecule has 1 aromatic heterocycles. The average Bonchev–Trinajstić information content (AvgIpc) is 2.62. The average molecular weight is 212 g/mol. The van der Waals surface area contributed by atoms with Crippen molar-refractivity contribution in [2.45, 2.75) is 39.7 Å². The molecule has 0 aromatic carbocycles. The first kappa shape index (κ1) is 11.6. The van der Waals surface area contributed by atoms with Gasteiger partial charge in [0.05, 0.1) is 5.92 Å². The minimum absolute atomic E-state index is 0.358. The number of aromatic nitrogens is 4. The van der Waals surface area contributed by atoms with Crippen molar-refractivity contribution in [3.63, 3.8) is 0 Å². The second-order valence-corrected chi connectivity index (χ2v) is 3.60. The molecular weight excluding hydrogens is 196 g/mol. The highest BCUT2D eigenvalue weighted by Gasteiger charge is 2.12. The molecule has 0 amide bonds. The van der Waals surface area contributed by atoms with Crippen molar-refractivity contribution in [2.24, 2.45) is 5.92 Å². The number of carboxylic acid groups (broad SMARTS) is 1. The highest BCUT2D eigenvalue weighted by Crippen LogP contribution is 2.05. The zero-order chi connectivity index (χ0) is 11.3. The number of nitrogens with zero attached hydrogens (tertiary/aromatic N) is 4. The quantitative estimate of drug-likeness (QED) is 0.752. The summed E-state index contributed by atoms with van der Waals surface area (Å²) in [5.41, 5.74) is 0. The zero-order valence-corrected chi connectivity index (χ0v) is 9.05. The number of aliphatic carboxylic acids is 1. The summed E-state index contributed by atoms with van der Waals surface area (Å²) < 4.78 is 1.68. The highest BCUT2D eigenvalue weighted by molar-refractivity contribution is 5.69. The molecule has 6 heteroatoms. The topological polar surface area (TPSA) is 80.9 Å². The second-order valence-electron chi connectivity index (χ2n) is 3.60. The van der Waals surface area contributed by atoms with Crippen LogP contribution in [0.4, 0.5) is 0 Å². The van der Waals surface area contributed by atoms with Gasteiger partial charge in [0.2, 0.25) is 0 Å². The van der Waals surface area contributed by atoms with E-state index in [0.717, 1.165) is 18.7 Å². The molecule has 0 saturated carbocycles. The Balaban J connectivity index is 2.49. The van der Waals surface area contributed by atoms with Crippen LogP contribution in [0.25, 0.3) is 0 Å². The van der Waals surface area contributed by atoms with Gasteiger partial charge in [-0.1, -0.05) is 13.8 Å². The SMILES string of the molecule is CCCc1nnnn1CCC(C)C(=O)O. The van der Waals surface area contributed by atoms with E-state index in [2.05, 4.69) is 22.4 Å². The molecule has 6 nitrogen and oxygen atoms in total. The summed E-state index contributed by atoms with van der Waals surface area (Å²) in [7, 11) is 0. The van der Waals surface area contributed by atoms with Crippen LogP contribution in [0, 0.1) is 5.92 Å². The molecule has 1 atom stereocenters. The van der Waals surface area contributed by atoms with Crippen LogP contribution in [0.1, 0.15) is 32.5 Å². The van der Waals surface area contributed by atoms with Crippen molar-refractivity contribution in [3.8, 4) is 0 Å². The number of aryl methyl sites for hydroxylation is 2. The predicted molar refractivity (Wildman–Crippen MR) is 53.2 cm³/mol. The molecule has 1 heterocycles. The molecule has 1 aromatic rings. The number of hydrogen-bond acceptors (Lipinski definition) is 4. The molecule has 0 saturated heterocycles. The lowest BCUT2D eigenvalue weighted by Crippen LogP contribution is -2.14. The van der Waals surface area contributed by atoms with Gasteiger partial charge in [-0.2, -0.15) is 0 Å². The fraction of sp³-hybridized carbons (Fsp3) is 0.778. The molecule has 15 heavy (non-hydrogen) atoms. The fourth-order valence-corrected chi connectivity index (χ4v) is 1.24. The number of carbonyl (C=O) groups is 1. The molecule has 84 valence electrons. The van der Waals surface area contributed by atoms with Gasteiger partial charge >= 0.3 is 5.97 Å². The molecule has 0 bridgehead atoms. The Labute approximate surface area is 88.3 Å². The van der Waals surface area contributed by atoms with Gasteiger partial charge in [0.25, 0.3) is 0 Å². The Morgan fingerprint density at radius 1 is 1.60 bits per heavy atom. The van der Waals surface area contributed by atoms with Crippen LogP contribution in [-0.2, 0) is 17.8 Å². The molecule has 1 unspecified atom stereocenters. The Bertz CT molecular complexity index is 324. The first-order valence-corrected chi connectivity index (χ1v) is 5.13. The van der Waals surface area contributed by atoms with Gasteiger partial charge in [-0.25, -0.2) is 4.68 Å². The van der Waals surface area contributed by atoms with E-state index in [1.165, 1.54) is 0 Å². The van der Waals surface area contributed by atoms with Gasteiger partial charge in [-0.15, -0.1) is 5.10 Å². The number of tetrazole rings is 1. The fourth-order valence-electron chi connectivity index (χ4n) is 1.24. The third-order valence-electron chi connectivity index (χ3n) is 2.28. The number of carboxylic acids is 1. The van der Waals surface area contributed by atoms with Crippen LogP contribution < -0.4 is 0 Å². The summed E-state index contributed by atoms with van der Waals surface area (Å²) in [4.78, 5) is 10.6. The summed E-state index contributed by atoms with van der Waals surface area (Å²) in [6, 6.07) is 0. The van der Waals surface area contributed by atoms with E-state index >= 15 is 0 Å². The molecule has 0 aliphatic heterocycles. The summed E-state index contributed by atoms with van der Waals surface area (Å²) in [5.74, 6) is -0.307. The molecule has 0 aliphatic carbocycles. The summed E-state index contributed by atoms with van der Waals surface area (Å²) in [5, 5.41) is 20.0. The van der Waals surface area contributed by atoms with Crippen LogP contribution in [0.3, 0.4) is 0 Å². The van der Waals surface area contributed by atoms with Gasteiger partial charge in [0, 0.05) is 13.0 Å². The van der Waals surface area contributed by atoms with Crippen LogP contribution in [0.5, 0.6) is 0 Å². The van der Waals surface area contributed by atoms with Crippen molar-refractivity contribution in [2.75, 3.05) is 0 Å². The van der Waals surface area contributed by atoms with E-state index in [4.69, 9.17) is 5.11 Å². The number of hydrogen-bond donors (Lipinski definition) is 1. The first-order valence-electron chi connectivity index (χ1n) is 5.13. The Hall–Kier alpha value is -1.46. The predicted octanol–water partition coefficient (Wildman–Crippen LogP) is 0.736. The largest absolute Gasteiger partial charge is 0.481 e. The standard InChI is InChI=1S/C9H16N4O2/c1-3-4-8-10-11-12-13(8)6-5-7(2)9(14)15/h7H,3-6H2,1-2H3,(H,14,15). The minimum Gasteiger partial charge on any atom is -0.481 e. The third-order valence-corrected chi connectivity index (χ3v) is 2.28.